The van der Waals surface area contributed by atoms with Gasteiger partial charge < -0.3 is 9.84 Å². The molecule has 0 aliphatic carbocycles. The standard InChI is InChI=1S/C19H24N4O2S/c1-15(16-5-7-17(8-6-16)23-14-20-13-21-23)22(2)10-18(24)11-25-12-19-4-3-9-26-19/h3-9,13-15,18,24H,10-12H2,1-2H3. The summed E-state index contributed by atoms with van der Waals surface area (Å²) in [7, 11) is 2.01. The molecule has 0 saturated carbocycles. The Balaban J connectivity index is 1.48. The van der Waals surface area contributed by atoms with Gasteiger partial charge in [-0.1, -0.05) is 18.2 Å². The highest BCUT2D eigenvalue weighted by Crippen LogP contribution is 2.20. The predicted octanol–water partition coefficient (Wildman–Crippen LogP) is 2.90. The number of hydrogen-bond donors (Lipinski definition) is 1. The number of nitrogens with zero attached hydrogens (tertiary/aromatic N) is 4. The molecule has 2 aromatic heterocycles. The molecule has 0 aliphatic rings. The molecule has 1 N–H and O–H groups in total. The first kappa shape index (κ1) is 18.7. The number of aliphatic hydroxyl groups excluding tert-OH is 1. The normalized spacial score (nSPS) is 13.8. The minimum Gasteiger partial charge on any atom is -0.389 e. The van der Waals surface area contributed by atoms with Crippen LogP contribution in [0.2, 0.25) is 0 Å². The van der Waals surface area contributed by atoms with Crippen LogP contribution in [0, 0.1) is 0 Å². The second kappa shape index (κ2) is 9.05. The molecule has 2 unspecified atom stereocenters. The first-order valence-electron chi connectivity index (χ1n) is 8.57. The molecule has 138 valence electrons. The first-order valence-corrected chi connectivity index (χ1v) is 9.45. The average molecular weight is 372 g/mol. The highest BCUT2D eigenvalue weighted by molar-refractivity contribution is 7.09. The molecule has 7 heteroatoms. The fourth-order valence-electron chi connectivity index (χ4n) is 2.74. The number of thiophene rings is 1. The van der Waals surface area contributed by atoms with Crippen LogP contribution in [0.5, 0.6) is 0 Å². The van der Waals surface area contributed by atoms with Crippen molar-refractivity contribution >= 4 is 11.3 Å². The summed E-state index contributed by atoms with van der Waals surface area (Å²) in [6.45, 7) is 3.57. The van der Waals surface area contributed by atoms with Crippen LogP contribution in [0.4, 0.5) is 0 Å². The Labute approximate surface area is 157 Å². The third-order valence-electron chi connectivity index (χ3n) is 4.35. The van der Waals surface area contributed by atoms with E-state index in [-0.39, 0.29) is 6.04 Å². The van der Waals surface area contributed by atoms with Crippen molar-refractivity contribution in [3.8, 4) is 5.69 Å². The smallest absolute Gasteiger partial charge is 0.138 e. The van der Waals surface area contributed by atoms with Crippen LogP contribution < -0.4 is 0 Å². The van der Waals surface area contributed by atoms with Gasteiger partial charge in [0.1, 0.15) is 12.7 Å². The summed E-state index contributed by atoms with van der Waals surface area (Å²) in [4.78, 5) is 7.26. The van der Waals surface area contributed by atoms with Gasteiger partial charge in [0.15, 0.2) is 0 Å². The van der Waals surface area contributed by atoms with Gasteiger partial charge in [0.2, 0.25) is 0 Å². The van der Waals surface area contributed by atoms with E-state index < -0.39 is 6.10 Å². The summed E-state index contributed by atoms with van der Waals surface area (Å²) in [5.74, 6) is 0. The minimum absolute atomic E-state index is 0.187. The number of likely N-dealkylation sites (N-methyl/N-ethyl adjacent to an activating group) is 1. The lowest BCUT2D eigenvalue weighted by molar-refractivity contribution is 0.00930. The van der Waals surface area contributed by atoms with E-state index in [1.807, 2.05) is 36.7 Å². The van der Waals surface area contributed by atoms with Gasteiger partial charge in [-0.15, -0.1) is 11.3 Å². The maximum Gasteiger partial charge on any atom is 0.138 e. The van der Waals surface area contributed by atoms with Crippen LogP contribution in [-0.2, 0) is 11.3 Å². The van der Waals surface area contributed by atoms with Gasteiger partial charge in [-0.3, -0.25) is 4.90 Å². The molecule has 2 heterocycles. The van der Waals surface area contributed by atoms with Crippen molar-refractivity contribution in [2.24, 2.45) is 0 Å². The lowest BCUT2D eigenvalue weighted by atomic mass is 10.1. The van der Waals surface area contributed by atoms with Gasteiger partial charge in [0.05, 0.1) is 25.0 Å². The van der Waals surface area contributed by atoms with Crippen LogP contribution >= 0.6 is 11.3 Å². The molecule has 0 fully saturated rings. The molecule has 0 bridgehead atoms. The molecule has 3 rings (SSSR count). The second-order valence-corrected chi connectivity index (χ2v) is 7.33. The Morgan fingerprint density at radius 2 is 2.08 bits per heavy atom. The Hall–Kier alpha value is -2.06. The molecule has 0 aliphatic heterocycles. The molecule has 0 saturated heterocycles. The zero-order valence-electron chi connectivity index (χ0n) is 15.0. The van der Waals surface area contributed by atoms with Gasteiger partial charge in [-0.05, 0) is 43.1 Å². The lowest BCUT2D eigenvalue weighted by Gasteiger charge is -2.27. The zero-order chi connectivity index (χ0) is 18.4. The molecule has 0 radical (unpaired) electrons. The quantitative estimate of drug-likeness (QED) is 0.626. The summed E-state index contributed by atoms with van der Waals surface area (Å²) in [6, 6.07) is 12.4. The van der Waals surface area contributed by atoms with Crippen molar-refractivity contribution < 1.29 is 9.84 Å². The van der Waals surface area contributed by atoms with Crippen molar-refractivity contribution in [2.45, 2.75) is 25.7 Å². The van der Waals surface area contributed by atoms with Crippen molar-refractivity contribution in [1.29, 1.82) is 0 Å². The molecular weight excluding hydrogens is 348 g/mol. The third kappa shape index (κ3) is 4.98. The maximum atomic E-state index is 10.2. The molecule has 3 aromatic rings. The van der Waals surface area contributed by atoms with Gasteiger partial charge in [-0.2, -0.15) is 5.10 Å². The molecule has 0 spiro atoms. The van der Waals surface area contributed by atoms with Gasteiger partial charge in [-0.25, -0.2) is 9.67 Å². The molecule has 6 nitrogen and oxygen atoms in total. The Bertz CT molecular complexity index is 759. The molecule has 0 amide bonds. The van der Waals surface area contributed by atoms with Crippen LogP contribution in [0.25, 0.3) is 5.69 Å². The van der Waals surface area contributed by atoms with E-state index in [0.29, 0.717) is 19.8 Å². The van der Waals surface area contributed by atoms with Crippen molar-refractivity contribution in [2.75, 3.05) is 20.2 Å². The highest BCUT2D eigenvalue weighted by atomic mass is 32.1. The number of aliphatic hydroxyl groups is 1. The van der Waals surface area contributed by atoms with E-state index in [9.17, 15) is 5.11 Å². The number of hydrogen-bond acceptors (Lipinski definition) is 6. The van der Waals surface area contributed by atoms with Crippen LogP contribution in [0.1, 0.15) is 23.4 Å². The van der Waals surface area contributed by atoms with Crippen LogP contribution in [0.3, 0.4) is 0 Å². The number of aromatic nitrogens is 3. The zero-order valence-corrected chi connectivity index (χ0v) is 15.8. The number of benzene rings is 1. The highest BCUT2D eigenvalue weighted by Gasteiger charge is 2.16. The maximum absolute atomic E-state index is 10.2. The topological polar surface area (TPSA) is 63.4 Å². The van der Waals surface area contributed by atoms with Gasteiger partial charge in [0, 0.05) is 17.5 Å². The molecule has 2 atom stereocenters. The third-order valence-corrected chi connectivity index (χ3v) is 5.20. The second-order valence-electron chi connectivity index (χ2n) is 6.30. The van der Waals surface area contributed by atoms with E-state index in [1.54, 1.807) is 22.3 Å². The number of ether oxygens (including phenoxy) is 1. The predicted molar refractivity (Wildman–Crippen MR) is 102 cm³/mol. The molecule has 26 heavy (non-hydrogen) atoms. The fourth-order valence-corrected chi connectivity index (χ4v) is 3.38. The van der Waals surface area contributed by atoms with E-state index >= 15 is 0 Å². The summed E-state index contributed by atoms with van der Waals surface area (Å²) in [5.41, 5.74) is 2.16. The fraction of sp³-hybridized carbons (Fsp3) is 0.368. The summed E-state index contributed by atoms with van der Waals surface area (Å²) in [5, 5.41) is 16.4. The minimum atomic E-state index is -0.517. The van der Waals surface area contributed by atoms with E-state index in [1.165, 1.54) is 16.8 Å². The van der Waals surface area contributed by atoms with Crippen LogP contribution in [-0.4, -0.2) is 51.1 Å². The van der Waals surface area contributed by atoms with E-state index in [0.717, 1.165) is 5.69 Å². The Morgan fingerprint density at radius 3 is 2.73 bits per heavy atom. The van der Waals surface area contributed by atoms with Crippen molar-refractivity contribution in [3.05, 3.63) is 64.9 Å². The molecule has 1 aromatic carbocycles. The molecular formula is C19H24N4O2S. The van der Waals surface area contributed by atoms with Crippen LogP contribution in [0.15, 0.2) is 54.4 Å². The lowest BCUT2D eigenvalue weighted by Crippen LogP contribution is -2.34. The van der Waals surface area contributed by atoms with E-state index in [4.69, 9.17) is 4.74 Å². The number of rotatable bonds is 9. The summed E-state index contributed by atoms with van der Waals surface area (Å²) in [6.07, 6.45) is 2.68. The van der Waals surface area contributed by atoms with Gasteiger partial charge in [0.25, 0.3) is 0 Å². The average Bonchev–Trinajstić information content (AvgIpc) is 3.35. The van der Waals surface area contributed by atoms with E-state index in [2.05, 4.69) is 34.0 Å². The largest absolute Gasteiger partial charge is 0.389 e. The Kier molecular flexibility index (Phi) is 6.51. The Morgan fingerprint density at radius 1 is 1.27 bits per heavy atom. The monoisotopic (exact) mass is 372 g/mol. The summed E-state index contributed by atoms with van der Waals surface area (Å²) >= 11 is 1.66. The van der Waals surface area contributed by atoms with Crippen molar-refractivity contribution in [1.82, 2.24) is 19.7 Å². The first-order chi connectivity index (χ1) is 12.6. The summed E-state index contributed by atoms with van der Waals surface area (Å²) < 4.78 is 7.33. The van der Waals surface area contributed by atoms with Crippen molar-refractivity contribution in [3.63, 3.8) is 0 Å². The SMILES string of the molecule is CC(c1ccc(-n2cncn2)cc1)N(C)CC(O)COCc1cccs1. The van der Waals surface area contributed by atoms with Gasteiger partial charge >= 0.3 is 0 Å².